The van der Waals surface area contributed by atoms with Crippen LogP contribution in [0.15, 0.2) is 34.2 Å². The summed E-state index contributed by atoms with van der Waals surface area (Å²) >= 11 is 11.7. The molecule has 1 aliphatic rings. The lowest BCUT2D eigenvalue weighted by Crippen LogP contribution is -2.29. The van der Waals surface area contributed by atoms with Gasteiger partial charge in [0.05, 0.1) is 11.3 Å². The lowest BCUT2D eigenvalue weighted by molar-refractivity contribution is -0.0595. The highest BCUT2D eigenvalue weighted by Crippen LogP contribution is 2.26. The van der Waals surface area contributed by atoms with Crippen molar-refractivity contribution in [2.24, 2.45) is 17.4 Å². The molecule has 1 rings (SSSR count). The van der Waals surface area contributed by atoms with Crippen molar-refractivity contribution >= 4 is 23.2 Å². The summed E-state index contributed by atoms with van der Waals surface area (Å²) < 4.78 is 5.45. The highest BCUT2D eigenvalue weighted by atomic mass is 35.5. The summed E-state index contributed by atoms with van der Waals surface area (Å²) in [5.74, 6) is 0.808. The first-order valence-electron chi connectivity index (χ1n) is 6.41. The van der Waals surface area contributed by atoms with Crippen LogP contribution in [0.1, 0.15) is 26.7 Å². The van der Waals surface area contributed by atoms with Crippen LogP contribution in [0, 0.1) is 5.92 Å². The summed E-state index contributed by atoms with van der Waals surface area (Å²) in [6, 6.07) is 0. The number of hydrogen-bond acceptors (Lipinski definition) is 3. The van der Waals surface area contributed by atoms with E-state index in [4.69, 9.17) is 39.4 Å². The van der Waals surface area contributed by atoms with Gasteiger partial charge < -0.3 is 16.2 Å². The van der Waals surface area contributed by atoms with Crippen LogP contribution in [-0.4, -0.2) is 18.6 Å². The molecule has 0 aromatic heterocycles. The Labute approximate surface area is 125 Å². The standard InChI is InChI=1S/C14H22Cl2N2O/c1-9(5-13-3-4-19-13)12(8-15)6-11(10(2)17)7-14(16)18/h6-7,9,13H,3-5,8,17-18H2,1-2H3/b11-10-,12-6-,14-7-/t9?,13-/m0/s1. The summed E-state index contributed by atoms with van der Waals surface area (Å²) in [6.07, 6.45) is 6.10. The summed E-state index contributed by atoms with van der Waals surface area (Å²) in [5.41, 5.74) is 13.9. The molecular formula is C14H22Cl2N2O. The fraction of sp³-hybridized carbons (Fsp3) is 0.571. The Morgan fingerprint density at radius 1 is 1.42 bits per heavy atom. The van der Waals surface area contributed by atoms with Crippen LogP contribution in [0.3, 0.4) is 0 Å². The van der Waals surface area contributed by atoms with Crippen LogP contribution in [-0.2, 0) is 4.74 Å². The van der Waals surface area contributed by atoms with Gasteiger partial charge in [-0.15, -0.1) is 11.6 Å². The second-order valence-electron chi connectivity index (χ2n) is 4.94. The SMILES string of the molecule is C/C(N)=C(/C=C(\N)Cl)\C=C(\CCl)C(C)C[C@@H]1CCO1. The molecule has 2 atom stereocenters. The molecule has 1 unspecified atom stereocenters. The second kappa shape index (κ2) is 7.83. The molecule has 0 aromatic carbocycles. The smallest absolute Gasteiger partial charge is 0.0998 e. The Bertz CT molecular complexity index is 390. The van der Waals surface area contributed by atoms with Crippen LogP contribution in [0.5, 0.6) is 0 Å². The largest absolute Gasteiger partial charge is 0.402 e. The predicted molar refractivity (Wildman–Crippen MR) is 82.0 cm³/mol. The number of ether oxygens (including phenoxy) is 1. The molecule has 1 heterocycles. The molecule has 19 heavy (non-hydrogen) atoms. The molecule has 0 spiro atoms. The van der Waals surface area contributed by atoms with Crippen molar-refractivity contribution in [3.63, 3.8) is 0 Å². The summed E-state index contributed by atoms with van der Waals surface area (Å²) in [5, 5.41) is 0.208. The second-order valence-corrected chi connectivity index (χ2v) is 5.64. The van der Waals surface area contributed by atoms with Gasteiger partial charge in [-0.2, -0.15) is 0 Å². The molecule has 5 heteroatoms. The molecule has 0 amide bonds. The van der Waals surface area contributed by atoms with Gasteiger partial charge in [0.25, 0.3) is 0 Å². The van der Waals surface area contributed by atoms with E-state index in [1.807, 2.05) is 13.0 Å². The summed E-state index contributed by atoms with van der Waals surface area (Å²) in [4.78, 5) is 0. The molecular weight excluding hydrogens is 283 g/mol. The van der Waals surface area contributed by atoms with E-state index in [0.29, 0.717) is 23.6 Å². The fourth-order valence-electron chi connectivity index (χ4n) is 1.95. The van der Waals surface area contributed by atoms with Gasteiger partial charge in [0.1, 0.15) is 0 Å². The first-order valence-corrected chi connectivity index (χ1v) is 7.32. The van der Waals surface area contributed by atoms with E-state index >= 15 is 0 Å². The van der Waals surface area contributed by atoms with Crippen molar-refractivity contribution in [3.05, 3.63) is 34.2 Å². The summed E-state index contributed by atoms with van der Waals surface area (Å²) in [7, 11) is 0. The molecule has 0 saturated carbocycles. The van der Waals surface area contributed by atoms with E-state index in [0.717, 1.165) is 30.6 Å². The third-order valence-electron chi connectivity index (χ3n) is 3.29. The van der Waals surface area contributed by atoms with E-state index in [1.165, 1.54) is 0 Å². The van der Waals surface area contributed by atoms with Gasteiger partial charge in [0.2, 0.25) is 0 Å². The first-order chi connectivity index (χ1) is 8.93. The van der Waals surface area contributed by atoms with Crippen LogP contribution in [0.4, 0.5) is 0 Å². The van der Waals surface area contributed by atoms with Gasteiger partial charge in [-0.25, -0.2) is 0 Å². The van der Waals surface area contributed by atoms with Crippen molar-refractivity contribution in [2.45, 2.75) is 32.8 Å². The highest BCUT2D eigenvalue weighted by molar-refractivity contribution is 6.29. The molecule has 0 aromatic rings. The molecule has 1 fully saturated rings. The van der Waals surface area contributed by atoms with E-state index in [9.17, 15) is 0 Å². The van der Waals surface area contributed by atoms with Crippen LogP contribution < -0.4 is 11.5 Å². The van der Waals surface area contributed by atoms with E-state index in [2.05, 4.69) is 6.92 Å². The molecule has 4 N–H and O–H groups in total. The topological polar surface area (TPSA) is 61.3 Å². The zero-order chi connectivity index (χ0) is 14.4. The molecule has 0 bridgehead atoms. The van der Waals surface area contributed by atoms with Gasteiger partial charge in [-0.1, -0.05) is 30.2 Å². The Kier molecular flexibility index (Phi) is 6.76. The van der Waals surface area contributed by atoms with Crippen molar-refractivity contribution in [2.75, 3.05) is 12.5 Å². The number of nitrogens with two attached hydrogens (primary N) is 2. The van der Waals surface area contributed by atoms with Gasteiger partial charge in [-0.3, -0.25) is 0 Å². The maximum absolute atomic E-state index is 6.03. The maximum Gasteiger partial charge on any atom is 0.0998 e. The minimum absolute atomic E-state index is 0.208. The van der Waals surface area contributed by atoms with Gasteiger partial charge in [0, 0.05) is 18.2 Å². The van der Waals surface area contributed by atoms with Crippen LogP contribution in [0.25, 0.3) is 0 Å². The van der Waals surface area contributed by atoms with Crippen molar-refractivity contribution in [1.82, 2.24) is 0 Å². The average molecular weight is 305 g/mol. The van der Waals surface area contributed by atoms with Gasteiger partial charge in [0.15, 0.2) is 0 Å². The third-order valence-corrected chi connectivity index (χ3v) is 3.70. The van der Waals surface area contributed by atoms with E-state index < -0.39 is 0 Å². The monoisotopic (exact) mass is 304 g/mol. The fourth-order valence-corrected chi connectivity index (χ4v) is 2.40. The highest BCUT2D eigenvalue weighted by Gasteiger charge is 2.22. The van der Waals surface area contributed by atoms with Gasteiger partial charge in [-0.05, 0) is 37.3 Å². The zero-order valence-corrected chi connectivity index (χ0v) is 13.0. The minimum Gasteiger partial charge on any atom is -0.402 e. The Morgan fingerprint density at radius 3 is 2.42 bits per heavy atom. The Balaban J connectivity index is 2.82. The molecule has 108 valence electrons. The molecule has 0 radical (unpaired) electrons. The zero-order valence-electron chi connectivity index (χ0n) is 11.5. The quantitative estimate of drug-likeness (QED) is 0.450. The van der Waals surface area contributed by atoms with Crippen molar-refractivity contribution in [3.8, 4) is 0 Å². The van der Waals surface area contributed by atoms with Crippen molar-refractivity contribution < 1.29 is 4.74 Å². The average Bonchev–Trinajstić information content (AvgIpc) is 2.28. The van der Waals surface area contributed by atoms with Crippen LogP contribution in [0.2, 0.25) is 0 Å². The first kappa shape index (κ1) is 16.4. The molecule has 3 nitrogen and oxygen atoms in total. The molecule has 1 aliphatic heterocycles. The number of rotatable bonds is 6. The van der Waals surface area contributed by atoms with Crippen LogP contribution >= 0.6 is 23.2 Å². The lowest BCUT2D eigenvalue weighted by Gasteiger charge is -2.29. The lowest BCUT2D eigenvalue weighted by atomic mass is 9.91. The van der Waals surface area contributed by atoms with E-state index in [-0.39, 0.29) is 5.16 Å². The predicted octanol–water partition coefficient (Wildman–Crippen LogP) is 3.24. The Hall–Kier alpha value is -0.640. The maximum atomic E-state index is 6.03. The third kappa shape index (κ3) is 5.47. The normalized spacial score (nSPS) is 23.7. The number of halogens is 2. The van der Waals surface area contributed by atoms with Crippen molar-refractivity contribution in [1.29, 1.82) is 0 Å². The number of alkyl halides is 1. The Morgan fingerprint density at radius 2 is 2.05 bits per heavy atom. The van der Waals surface area contributed by atoms with Gasteiger partial charge >= 0.3 is 0 Å². The minimum atomic E-state index is 0.208. The number of hydrogen-bond donors (Lipinski definition) is 2. The number of allylic oxidation sites excluding steroid dienone is 5. The summed E-state index contributed by atoms with van der Waals surface area (Å²) in [6.45, 7) is 4.83. The molecule has 1 saturated heterocycles. The molecule has 0 aliphatic carbocycles. The van der Waals surface area contributed by atoms with E-state index in [1.54, 1.807) is 6.08 Å².